The molecule has 0 fully saturated rings. The molecule has 2 rings (SSSR count). The summed E-state index contributed by atoms with van der Waals surface area (Å²) < 4.78 is 14.8. The van der Waals surface area contributed by atoms with Gasteiger partial charge in [0.15, 0.2) is 0 Å². The number of hydrogen-bond acceptors (Lipinski definition) is 3. The summed E-state index contributed by atoms with van der Waals surface area (Å²) in [5, 5.41) is 9.33. The van der Waals surface area contributed by atoms with Crippen molar-refractivity contribution in [3.05, 3.63) is 47.3 Å². The van der Waals surface area contributed by atoms with E-state index in [4.69, 9.17) is 0 Å². The molecule has 124 valence electrons. The highest BCUT2D eigenvalue weighted by Crippen LogP contribution is 2.18. The van der Waals surface area contributed by atoms with Gasteiger partial charge < -0.3 is 9.67 Å². The number of allylic oxidation sites excluding steroid dienone is 6. The highest BCUT2D eigenvalue weighted by molar-refractivity contribution is 5.80. The number of nitrogens with zero attached hydrogens (tertiary/aromatic N) is 3. The molecule has 0 spiro atoms. The normalized spacial score (nSPS) is 16.3. The quantitative estimate of drug-likeness (QED) is 0.580. The fraction of sp³-hybridized carbons (Fsp3) is 0.444. The molecule has 0 unspecified atom stereocenters. The van der Waals surface area contributed by atoms with Gasteiger partial charge in [0, 0.05) is 31.6 Å². The highest BCUT2D eigenvalue weighted by atomic mass is 19.1. The second-order valence-corrected chi connectivity index (χ2v) is 5.82. The standard InChI is InChI=1S/C18H24FN3O/c1-14(5-3-7-17(23)15(2)19)8-9-16-6-4-11-22-12-10-20-18(22)21-13-16/h5-6,10,12-13,23H,3-4,7-9,11H2,1-2H3/b14-5+,16-6?,17-15-,21-13?. The molecule has 1 aromatic rings. The fourth-order valence-corrected chi connectivity index (χ4v) is 2.42. The third-order valence-corrected chi connectivity index (χ3v) is 3.90. The summed E-state index contributed by atoms with van der Waals surface area (Å²) in [5.41, 5.74) is 2.46. The van der Waals surface area contributed by atoms with Crippen molar-refractivity contribution in [2.75, 3.05) is 0 Å². The first-order chi connectivity index (χ1) is 11.1. The topological polar surface area (TPSA) is 50.4 Å². The van der Waals surface area contributed by atoms with E-state index in [0.717, 1.165) is 31.8 Å². The molecule has 1 aliphatic rings. The lowest BCUT2D eigenvalue weighted by molar-refractivity contribution is 0.360. The molecule has 5 heteroatoms. The lowest BCUT2D eigenvalue weighted by Crippen LogP contribution is -1.99. The van der Waals surface area contributed by atoms with Crippen LogP contribution in [-0.2, 0) is 6.54 Å². The van der Waals surface area contributed by atoms with Gasteiger partial charge in [-0.3, -0.25) is 0 Å². The van der Waals surface area contributed by atoms with E-state index in [1.807, 2.05) is 17.0 Å². The molecule has 1 aromatic heterocycles. The third kappa shape index (κ3) is 5.51. The van der Waals surface area contributed by atoms with E-state index in [1.165, 1.54) is 18.1 Å². The van der Waals surface area contributed by atoms with Crippen molar-refractivity contribution in [1.29, 1.82) is 0 Å². The summed E-state index contributed by atoms with van der Waals surface area (Å²) >= 11 is 0. The van der Waals surface area contributed by atoms with Gasteiger partial charge in [-0.05, 0) is 45.1 Å². The van der Waals surface area contributed by atoms with Crippen molar-refractivity contribution < 1.29 is 9.50 Å². The summed E-state index contributed by atoms with van der Waals surface area (Å²) in [4.78, 5) is 8.66. The molecule has 2 heterocycles. The van der Waals surface area contributed by atoms with E-state index in [2.05, 4.69) is 29.1 Å². The van der Waals surface area contributed by atoms with Crippen LogP contribution in [0, 0.1) is 0 Å². The van der Waals surface area contributed by atoms with Gasteiger partial charge in [0.25, 0.3) is 0 Å². The van der Waals surface area contributed by atoms with Crippen LogP contribution >= 0.6 is 0 Å². The number of imidazole rings is 1. The number of aliphatic imine (C=N–C) groups is 1. The number of aromatic nitrogens is 2. The largest absolute Gasteiger partial charge is 0.510 e. The van der Waals surface area contributed by atoms with Crippen molar-refractivity contribution in [2.24, 2.45) is 4.99 Å². The molecule has 0 aliphatic carbocycles. The van der Waals surface area contributed by atoms with Crippen molar-refractivity contribution in [3.8, 4) is 0 Å². The van der Waals surface area contributed by atoms with Crippen molar-refractivity contribution in [1.82, 2.24) is 9.55 Å². The van der Waals surface area contributed by atoms with Crippen LogP contribution in [0.1, 0.15) is 46.0 Å². The smallest absolute Gasteiger partial charge is 0.229 e. The van der Waals surface area contributed by atoms with Gasteiger partial charge in [-0.15, -0.1) is 0 Å². The molecule has 4 nitrogen and oxygen atoms in total. The minimum Gasteiger partial charge on any atom is -0.510 e. The summed E-state index contributed by atoms with van der Waals surface area (Å²) in [7, 11) is 0. The lowest BCUT2D eigenvalue weighted by atomic mass is 10.0. The van der Waals surface area contributed by atoms with Crippen LogP contribution in [0.3, 0.4) is 0 Å². The Morgan fingerprint density at radius 1 is 1.39 bits per heavy atom. The number of hydrogen-bond donors (Lipinski definition) is 1. The van der Waals surface area contributed by atoms with E-state index in [9.17, 15) is 9.50 Å². The fourth-order valence-electron chi connectivity index (χ4n) is 2.42. The molecular formula is C18H24FN3O. The van der Waals surface area contributed by atoms with Crippen LogP contribution in [0.15, 0.2) is 52.3 Å². The average molecular weight is 317 g/mol. The predicted molar refractivity (Wildman–Crippen MR) is 91.7 cm³/mol. The maximum Gasteiger partial charge on any atom is 0.229 e. The Labute approximate surface area is 136 Å². The molecule has 0 saturated carbocycles. The van der Waals surface area contributed by atoms with Crippen LogP contribution in [0.2, 0.25) is 0 Å². The van der Waals surface area contributed by atoms with E-state index in [0.29, 0.717) is 12.8 Å². The van der Waals surface area contributed by atoms with Crippen LogP contribution in [0.4, 0.5) is 10.3 Å². The average Bonchev–Trinajstić information content (AvgIpc) is 2.92. The zero-order valence-corrected chi connectivity index (χ0v) is 13.8. The molecular weight excluding hydrogens is 293 g/mol. The van der Waals surface area contributed by atoms with Gasteiger partial charge in [0.05, 0.1) is 0 Å². The number of rotatable bonds is 6. The highest BCUT2D eigenvalue weighted by Gasteiger charge is 2.04. The second-order valence-electron chi connectivity index (χ2n) is 5.82. The Morgan fingerprint density at radius 3 is 3.00 bits per heavy atom. The number of aryl methyl sites for hydroxylation is 1. The first-order valence-corrected chi connectivity index (χ1v) is 8.00. The molecule has 1 N–H and O–H groups in total. The molecule has 1 aliphatic heterocycles. The number of aliphatic hydroxyl groups is 1. The van der Waals surface area contributed by atoms with Crippen molar-refractivity contribution >= 4 is 12.2 Å². The van der Waals surface area contributed by atoms with Crippen LogP contribution in [0.25, 0.3) is 0 Å². The zero-order chi connectivity index (χ0) is 16.7. The third-order valence-electron chi connectivity index (χ3n) is 3.90. The molecule has 0 aromatic carbocycles. The summed E-state index contributed by atoms with van der Waals surface area (Å²) in [6.07, 6.45) is 13.7. The second kappa shape index (κ2) is 8.46. The molecule has 0 amide bonds. The minimum atomic E-state index is -0.495. The van der Waals surface area contributed by atoms with Gasteiger partial charge in [0.1, 0.15) is 11.6 Å². The zero-order valence-electron chi connectivity index (χ0n) is 13.8. The van der Waals surface area contributed by atoms with Crippen LogP contribution in [0.5, 0.6) is 0 Å². The van der Waals surface area contributed by atoms with E-state index in [-0.39, 0.29) is 5.76 Å². The summed E-state index contributed by atoms with van der Waals surface area (Å²) in [6, 6.07) is 0. The number of fused-ring (bicyclic) bond motifs is 1. The number of aliphatic hydroxyl groups excluding tert-OH is 1. The van der Waals surface area contributed by atoms with E-state index < -0.39 is 5.83 Å². The van der Waals surface area contributed by atoms with Crippen molar-refractivity contribution in [3.63, 3.8) is 0 Å². The Morgan fingerprint density at radius 2 is 2.22 bits per heavy atom. The first kappa shape index (κ1) is 17.2. The number of halogens is 1. The lowest BCUT2D eigenvalue weighted by Gasteiger charge is -2.08. The van der Waals surface area contributed by atoms with E-state index >= 15 is 0 Å². The van der Waals surface area contributed by atoms with Crippen LogP contribution in [-0.4, -0.2) is 20.9 Å². The van der Waals surface area contributed by atoms with Gasteiger partial charge in [-0.2, -0.15) is 0 Å². The van der Waals surface area contributed by atoms with Gasteiger partial charge in [-0.1, -0.05) is 17.7 Å². The molecule has 0 bridgehead atoms. The maximum atomic E-state index is 12.7. The summed E-state index contributed by atoms with van der Waals surface area (Å²) in [5.74, 6) is 0.108. The molecule has 0 atom stereocenters. The Balaban J connectivity index is 1.83. The predicted octanol–water partition coefficient (Wildman–Crippen LogP) is 5.18. The van der Waals surface area contributed by atoms with Crippen molar-refractivity contribution in [2.45, 2.75) is 52.5 Å². The Kier molecular flexibility index (Phi) is 6.32. The van der Waals surface area contributed by atoms with Crippen LogP contribution < -0.4 is 0 Å². The Bertz CT molecular complexity index is 649. The SMILES string of the molecule is C/C(F)=C(/O)CC/C=C(\C)CCC1=CCCn2ccnc2N=C1. The maximum absolute atomic E-state index is 12.7. The van der Waals surface area contributed by atoms with Gasteiger partial charge in [0.2, 0.25) is 5.95 Å². The molecule has 0 saturated heterocycles. The van der Waals surface area contributed by atoms with E-state index in [1.54, 1.807) is 6.20 Å². The first-order valence-electron chi connectivity index (χ1n) is 8.00. The monoisotopic (exact) mass is 317 g/mol. The minimum absolute atomic E-state index is 0.153. The summed E-state index contributed by atoms with van der Waals surface area (Å²) in [6.45, 7) is 4.24. The molecule has 23 heavy (non-hydrogen) atoms. The van der Waals surface area contributed by atoms with Gasteiger partial charge >= 0.3 is 0 Å². The molecule has 0 radical (unpaired) electrons. The Hall–Kier alpha value is -2.17. The van der Waals surface area contributed by atoms with Gasteiger partial charge in [-0.25, -0.2) is 14.4 Å².